The van der Waals surface area contributed by atoms with E-state index >= 15 is 0 Å². The van der Waals surface area contributed by atoms with Crippen LogP contribution in [-0.2, 0) is 9.59 Å². The first kappa shape index (κ1) is 15.2. The predicted molar refractivity (Wildman–Crippen MR) is 80.8 cm³/mol. The fourth-order valence-corrected chi connectivity index (χ4v) is 3.28. The Bertz CT molecular complexity index is 571. The van der Waals surface area contributed by atoms with Gasteiger partial charge in [-0.3, -0.25) is 14.5 Å². The number of piperazine rings is 1. The second-order valence-electron chi connectivity index (χ2n) is 5.59. The number of halogens is 1. The molecule has 3 heterocycles. The maximum Gasteiger partial charge on any atom is 0.288 e. The quantitative estimate of drug-likeness (QED) is 0.721. The molecule has 2 saturated heterocycles. The first-order valence-corrected chi connectivity index (χ1v) is 7.91. The number of quaternary nitrogens is 1. The van der Waals surface area contributed by atoms with Gasteiger partial charge in [0.1, 0.15) is 0 Å². The van der Waals surface area contributed by atoms with Gasteiger partial charge < -0.3 is 9.80 Å². The fourth-order valence-electron chi connectivity index (χ4n) is 3.18. The van der Waals surface area contributed by atoms with Crippen molar-refractivity contribution < 1.29 is 14.5 Å². The van der Waals surface area contributed by atoms with E-state index < -0.39 is 0 Å². The van der Waals surface area contributed by atoms with Crippen LogP contribution < -0.4 is 9.80 Å². The summed E-state index contributed by atoms with van der Waals surface area (Å²) in [5.41, 5.74) is 0. The number of amides is 2. The van der Waals surface area contributed by atoms with Crippen molar-refractivity contribution in [1.29, 1.82) is 0 Å². The molecule has 2 fully saturated rings. The molecule has 2 aliphatic rings. The summed E-state index contributed by atoms with van der Waals surface area (Å²) < 4.78 is 0. The van der Waals surface area contributed by atoms with Gasteiger partial charge in [0.05, 0.1) is 32.6 Å². The summed E-state index contributed by atoms with van der Waals surface area (Å²) in [5, 5.41) is 8.32. The molecule has 1 aromatic rings. The Kier molecular flexibility index (Phi) is 4.26. The lowest BCUT2D eigenvalue weighted by Crippen LogP contribution is -3.19. The van der Waals surface area contributed by atoms with Crippen molar-refractivity contribution >= 4 is 29.2 Å². The lowest BCUT2D eigenvalue weighted by atomic mass is 10.1. The molecule has 0 unspecified atom stereocenters. The van der Waals surface area contributed by atoms with Crippen molar-refractivity contribution in [2.75, 3.05) is 37.6 Å². The second-order valence-corrected chi connectivity index (χ2v) is 5.98. The van der Waals surface area contributed by atoms with Crippen molar-refractivity contribution in [2.45, 2.75) is 19.4 Å². The van der Waals surface area contributed by atoms with Gasteiger partial charge in [0.15, 0.2) is 17.0 Å². The number of imide groups is 1. The fraction of sp³-hybridized carbons (Fsp3) is 0.571. The number of rotatable bonds is 3. The third kappa shape index (κ3) is 2.78. The van der Waals surface area contributed by atoms with E-state index in [9.17, 15) is 9.59 Å². The van der Waals surface area contributed by atoms with Gasteiger partial charge in [-0.15, -0.1) is 10.2 Å². The first-order chi connectivity index (χ1) is 10.6. The SMILES string of the molecule is CCN1C(=O)C[C@H]([NH+]2CCN(c3ccc(Cl)nn3)CC2)C1=O. The summed E-state index contributed by atoms with van der Waals surface area (Å²) in [5.74, 6) is 0.727. The van der Waals surface area contributed by atoms with Crippen LogP contribution in [0.4, 0.5) is 5.82 Å². The Morgan fingerprint density at radius 1 is 1.27 bits per heavy atom. The highest BCUT2D eigenvalue weighted by Crippen LogP contribution is 2.13. The summed E-state index contributed by atoms with van der Waals surface area (Å²) in [7, 11) is 0. The number of likely N-dealkylation sites (tertiary alicyclic amines) is 1. The largest absolute Gasteiger partial charge is 0.344 e. The van der Waals surface area contributed by atoms with E-state index in [0.717, 1.165) is 32.0 Å². The van der Waals surface area contributed by atoms with E-state index in [4.69, 9.17) is 11.6 Å². The number of hydrogen-bond donors (Lipinski definition) is 1. The summed E-state index contributed by atoms with van der Waals surface area (Å²) >= 11 is 5.75. The molecule has 118 valence electrons. The van der Waals surface area contributed by atoms with Crippen molar-refractivity contribution in [1.82, 2.24) is 15.1 Å². The van der Waals surface area contributed by atoms with E-state index in [1.807, 2.05) is 13.0 Å². The van der Waals surface area contributed by atoms with Gasteiger partial charge >= 0.3 is 0 Å². The summed E-state index contributed by atoms with van der Waals surface area (Å²) in [4.78, 5) is 28.8. The Labute approximate surface area is 133 Å². The van der Waals surface area contributed by atoms with Crippen molar-refractivity contribution in [3.63, 3.8) is 0 Å². The Morgan fingerprint density at radius 2 is 2.00 bits per heavy atom. The number of carbonyl (C=O) groups is 2. The molecule has 8 heteroatoms. The van der Waals surface area contributed by atoms with Crippen LogP contribution in [0.2, 0.25) is 5.15 Å². The summed E-state index contributed by atoms with van der Waals surface area (Å²) in [6, 6.07) is 3.36. The molecular formula is C14H19ClN5O2+. The number of aromatic nitrogens is 2. The lowest BCUT2D eigenvalue weighted by molar-refractivity contribution is -0.915. The maximum absolute atomic E-state index is 12.3. The molecule has 7 nitrogen and oxygen atoms in total. The molecule has 1 atom stereocenters. The van der Waals surface area contributed by atoms with E-state index in [1.165, 1.54) is 9.80 Å². The Morgan fingerprint density at radius 3 is 2.55 bits per heavy atom. The molecule has 0 aromatic carbocycles. The highest BCUT2D eigenvalue weighted by atomic mass is 35.5. The van der Waals surface area contributed by atoms with Gasteiger partial charge in [0.2, 0.25) is 5.91 Å². The zero-order valence-electron chi connectivity index (χ0n) is 12.5. The second kappa shape index (κ2) is 6.18. The van der Waals surface area contributed by atoms with Crippen molar-refractivity contribution in [3.8, 4) is 0 Å². The van der Waals surface area contributed by atoms with Crippen LogP contribution in [0.3, 0.4) is 0 Å². The zero-order valence-corrected chi connectivity index (χ0v) is 13.2. The standard InChI is InChI=1S/C14H18ClN5O2/c1-2-20-13(21)9-10(14(20)22)18-5-7-19(8-6-18)12-4-3-11(15)16-17-12/h3-4,10H,2,5-9H2,1H3/p+1/t10-/m0/s1. The molecule has 2 amide bonds. The van der Waals surface area contributed by atoms with Crippen LogP contribution in [0, 0.1) is 0 Å². The molecule has 0 radical (unpaired) electrons. The Hall–Kier alpha value is -1.73. The van der Waals surface area contributed by atoms with E-state index in [1.54, 1.807) is 6.07 Å². The predicted octanol–water partition coefficient (Wildman–Crippen LogP) is -1.02. The minimum absolute atomic E-state index is 0.0257. The van der Waals surface area contributed by atoms with Gasteiger partial charge in [0.25, 0.3) is 5.91 Å². The molecule has 1 aromatic heterocycles. The number of nitrogens with one attached hydrogen (secondary N) is 1. The molecule has 1 N–H and O–H groups in total. The van der Waals surface area contributed by atoms with E-state index in [2.05, 4.69) is 15.1 Å². The molecule has 2 aliphatic heterocycles. The summed E-state index contributed by atoms with van der Waals surface area (Å²) in [6.07, 6.45) is 0.336. The lowest BCUT2D eigenvalue weighted by Gasteiger charge is -2.34. The molecular weight excluding hydrogens is 306 g/mol. The average molecular weight is 325 g/mol. The summed E-state index contributed by atoms with van der Waals surface area (Å²) in [6.45, 7) is 5.50. The third-order valence-electron chi connectivity index (χ3n) is 4.40. The van der Waals surface area contributed by atoms with Crippen LogP contribution >= 0.6 is 11.6 Å². The zero-order chi connectivity index (χ0) is 15.7. The van der Waals surface area contributed by atoms with Crippen LogP contribution in [-0.4, -0.2) is 65.7 Å². The molecule has 0 spiro atoms. The Balaban J connectivity index is 1.61. The molecule has 0 aliphatic carbocycles. The number of likely N-dealkylation sites (N-methyl/N-ethyl adjacent to an activating group) is 1. The van der Waals surface area contributed by atoms with Crippen molar-refractivity contribution in [3.05, 3.63) is 17.3 Å². The van der Waals surface area contributed by atoms with Crippen LogP contribution in [0.25, 0.3) is 0 Å². The van der Waals surface area contributed by atoms with Gasteiger partial charge in [-0.2, -0.15) is 0 Å². The monoisotopic (exact) mass is 324 g/mol. The normalized spacial score (nSPS) is 23.5. The smallest absolute Gasteiger partial charge is 0.288 e. The molecule has 3 rings (SSSR count). The highest BCUT2D eigenvalue weighted by Gasteiger charge is 2.44. The molecule has 0 saturated carbocycles. The number of hydrogen-bond acceptors (Lipinski definition) is 5. The third-order valence-corrected chi connectivity index (χ3v) is 4.60. The molecule has 0 bridgehead atoms. The van der Waals surface area contributed by atoms with Crippen LogP contribution in [0.5, 0.6) is 0 Å². The van der Waals surface area contributed by atoms with Gasteiger partial charge in [-0.05, 0) is 19.1 Å². The van der Waals surface area contributed by atoms with Gasteiger partial charge in [-0.25, -0.2) is 0 Å². The van der Waals surface area contributed by atoms with Gasteiger partial charge in [0, 0.05) is 6.54 Å². The van der Waals surface area contributed by atoms with Crippen molar-refractivity contribution in [2.24, 2.45) is 0 Å². The average Bonchev–Trinajstić information content (AvgIpc) is 2.82. The number of carbonyl (C=O) groups excluding carboxylic acids is 2. The topological polar surface area (TPSA) is 70.8 Å². The van der Waals surface area contributed by atoms with Crippen LogP contribution in [0.15, 0.2) is 12.1 Å². The minimum Gasteiger partial charge on any atom is -0.344 e. The number of nitrogens with zero attached hydrogens (tertiary/aromatic N) is 4. The van der Waals surface area contributed by atoms with E-state index in [-0.39, 0.29) is 17.9 Å². The molecule has 22 heavy (non-hydrogen) atoms. The highest BCUT2D eigenvalue weighted by molar-refractivity contribution is 6.29. The van der Waals surface area contributed by atoms with Gasteiger partial charge in [-0.1, -0.05) is 11.6 Å². The number of anilines is 1. The van der Waals surface area contributed by atoms with E-state index in [0.29, 0.717) is 18.1 Å². The minimum atomic E-state index is -0.217. The maximum atomic E-state index is 12.3. The first-order valence-electron chi connectivity index (χ1n) is 7.53. The van der Waals surface area contributed by atoms with Crippen LogP contribution in [0.1, 0.15) is 13.3 Å².